The number of halogens is 4. The minimum atomic E-state index is -0.366. The Morgan fingerprint density at radius 3 is 2.58 bits per heavy atom. The van der Waals surface area contributed by atoms with Crippen LogP contribution in [0.25, 0.3) is 0 Å². The van der Waals surface area contributed by atoms with Gasteiger partial charge in [0.25, 0.3) is 0 Å². The summed E-state index contributed by atoms with van der Waals surface area (Å²) in [7, 11) is 0. The average molecular weight is 473 g/mol. The number of carbonyl (C=O) groups is 1. The van der Waals surface area contributed by atoms with Gasteiger partial charge in [0, 0.05) is 5.56 Å². The van der Waals surface area contributed by atoms with Crippen LogP contribution in [0.1, 0.15) is 10.4 Å². The fourth-order valence-electron chi connectivity index (χ4n) is 1.34. The lowest BCUT2D eigenvalue weighted by molar-refractivity contribution is 0.0920. The predicted octanol–water partition coefficient (Wildman–Crippen LogP) is 5.44. The van der Waals surface area contributed by atoms with Gasteiger partial charge in [0.15, 0.2) is 6.61 Å². The zero-order valence-corrected chi connectivity index (χ0v) is 14.8. The van der Waals surface area contributed by atoms with Crippen LogP contribution in [0.15, 0.2) is 36.3 Å². The number of ether oxygens (including phenoxy) is 1. The molecular formula is C12H6Br3FO2S. The number of Topliss-reactive ketones (excluding diaryl/α,β-unsaturated/α-hetero) is 1. The van der Waals surface area contributed by atoms with Gasteiger partial charge in [-0.2, -0.15) is 0 Å². The van der Waals surface area contributed by atoms with E-state index in [0.29, 0.717) is 15.8 Å². The van der Waals surface area contributed by atoms with Crippen LogP contribution in [0.3, 0.4) is 0 Å². The van der Waals surface area contributed by atoms with Gasteiger partial charge in [0.2, 0.25) is 5.78 Å². The van der Waals surface area contributed by atoms with Gasteiger partial charge in [-0.25, -0.2) is 4.39 Å². The highest BCUT2D eigenvalue weighted by Gasteiger charge is 2.15. The summed E-state index contributed by atoms with van der Waals surface area (Å²) in [6.45, 7) is -0.105. The van der Waals surface area contributed by atoms with Gasteiger partial charge in [0.1, 0.15) is 11.6 Å². The van der Waals surface area contributed by atoms with Crippen molar-refractivity contribution in [3.8, 4) is 5.75 Å². The van der Waals surface area contributed by atoms with Crippen LogP contribution >= 0.6 is 59.1 Å². The Morgan fingerprint density at radius 2 is 2.00 bits per heavy atom. The van der Waals surface area contributed by atoms with Crippen LogP contribution in [-0.4, -0.2) is 12.4 Å². The Hall–Kier alpha value is -0.240. The summed E-state index contributed by atoms with van der Waals surface area (Å²) < 4.78 is 20.4. The molecule has 19 heavy (non-hydrogen) atoms. The Labute approximate surface area is 138 Å². The van der Waals surface area contributed by atoms with E-state index in [2.05, 4.69) is 47.8 Å². The van der Waals surface area contributed by atoms with Crippen LogP contribution in [-0.2, 0) is 0 Å². The monoisotopic (exact) mass is 470 g/mol. The van der Waals surface area contributed by atoms with E-state index in [1.165, 1.54) is 29.5 Å². The molecule has 0 radical (unpaired) electrons. The van der Waals surface area contributed by atoms with E-state index in [9.17, 15) is 9.18 Å². The fourth-order valence-corrected chi connectivity index (χ4v) is 4.66. The maximum absolute atomic E-state index is 12.9. The number of carbonyl (C=O) groups excluding carboxylic acids is 1. The molecule has 0 bridgehead atoms. The quantitative estimate of drug-likeness (QED) is 0.554. The Bertz CT molecular complexity index is 627. The summed E-state index contributed by atoms with van der Waals surface area (Å²) in [6, 6.07) is 5.78. The lowest BCUT2D eigenvalue weighted by Crippen LogP contribution is -2.11. The van der Waals surface area contributed by atoms with Crippen molar-refractivity contribution in [3.63, 3.8) is 0 Å². The maximum Gasteiger partial charge on any atom is 0.202 e. The zero-order chi connectivity index (χ0) is 14.0. The molecule has 2 nitrogen and oxygen atoms in total. The molecule has 0 N–H and O–H groups in total. The molecule has 2 rings (SSSR count). The number of hydrogen-bond acceptors (Lipinski definition) is 3. The van der Waals surface area contributed by atoms with Gasteiger partial charge in [0.05, 0.1) is 12.0 Å². The number of thiophene rings is 1. The first-order valence-corrected chi connectivity index (χ1v) is 8.23. The third-order valence-corrected chi connectivity index (χ3v) is 5.17. The lowest BCUT2D eigenvalue weighted by atomic mass is 10.2. The molecule has 0 saturated heterocycles. The van der Waals surface area contributed by atoms with Crippen molar-refractivity contribution in [2.45, 2.75) is 0 Å². The minimum absolute atomic E-state index is 0.105. The summed E-state index contributed by atoms with van der Waals surface area (Å²) in [5.41, 5.74) is 0.565. The second-order valence-electron chi connectivity index (χ2n) is 3.52. The van der Waals surface area contributed by atoms with E-state index >= 15 is 0 Å². The van der Waals surface area contributed by atoms with Gasteiger partial charge in [-0.3, -0.25) is 4.79 Å². The van der Waals surface area contributed by atoms with Crippen molar-refractivity contribution in [1.82, 2.24) is 0 Å². The molecule has 0 spiro atoms. The molecular weight excluding hydrogens is 467 g/mol. The highest BCUT2D eigenvalue weighted by Crippen LogP contribution is 2.32. The van der Waals surface area contributed by atoms with E-state index in [4.69, 9.17) is 4.74 Å². The van der Waals surface area contributed by atoms with Crippen LogP contribution in [0.5, 0.6) is 5.75 Å². The molecule has 1 aromatic heterocycles. The van der Waals surface area contributed by atoms with Gasteiger partial charge in [-0.15, -0.1) is 11.3 Å². The van der Waals surface area contributed by atoms with Crippen LogP contribution in [0.4, 0.5) is 4.39 Å². The van der Waals surface area contributed by atoms with Crippen molar-refractivity contribution in [1.29, 1.82) is 0 Å². The van der Waals surface area contributed by atoms with Crippen LogP contribution < -0.4 is 4.74 Å². The molecule has 0 aliphatic heterocycles. The lowest BCUT2D eigenvalue weighted by Gasteiger charge is -2.07. The number of hydrogen-bond donors (Lipinski definition) is 0. The number of benzene rings is 1. The highest BCUT2D eigenvalue weighted by molar-refractivity contribution is 9.12. The van der Waals surface area contributed by atoms with Crippen LogP contribution in [0.2, 0.25) is 0 Å². The van der Waals surface area contributed by atoms with E-state index in [1.807, 2.05) is 0 Å². The highest BCUT2D eigenvalue weighted by atomic mass is 79.9. The SMILES string of the molecule is O=C(COc1ccc(F)cc1Br)c1cc(Br)sc1Br. The largest absolute Gasteiger partial charge is 0.484 e. The maximum atomic E-state index is 12.9. The first-order chi connectivity index (χ1) is 8.97. The molecule has 0 fully saturated rings. The topological polar surface area (TPSA) is 26.3 Å². The molecule has 1 aromatic carbocycles. The van der Waals surface area contributed by atoms with Crippen molar-refractivity contribution >= 4 is 64.9 Å². The molecule has 7 heteroatoms. The number of ketones is 1. The summed E-state index contributed by atoms with van der Waals surface area (Å²) in [4.78, 5) is 12.0. The standard InChI is InChI=1S/C12H6Br3FO2S/c13-8-3-6(16)1-2-10(8)18-5-9(17)7-4-11(14)19-12(7)15/h1-4H,5H2. The van der Waals surface area contributed by atoms with Gasteiger partial charge in [-0.1, -0.05) is 0 Å². The van der Waals surface area contributed by atoms with Gasteiger partial charge >= 0.3 is 0 Å². The molecule has 2 aromatic rings. The molecule has 100 valence electrons. The fraction of sp³-hybridized carbons (Fsp3) is 0.0833. The minimum Gasteiger partial charge on any atom is -0.484 e. The third kappa shape index (κ3) is 3.87. The van der Waals surface area contributed by atoms with Gasteiger partial charge in [-0.05, 0) is 72.1 Å². The molecule has 0 aliphatic rings. The van der Waals surface area contributed by atoms with Crippen molar-refractivity contribution in [3.05, 3.63) is 47.7 Å². The van der Waals surface area contributed by atoms with E-state index < -0.39 is 0 Å². The first-order valence-electron chi connectivity index (χ1n) is 5.03. The smallest absolute Gasteiger partial charge is 0.202 e. The third-order valence-electron chi connectivity index (χ3n) is 2.21. The van der Waals surface area contributed by atoms with Crippen molar-refractivity contribution < 1.29 is 13.9 Å². The van der Waals surface area contributed by atoms with Crippen LogP contribution in [0, 0.1) is 5.82 Å². The summed E-state index contributed by atoms with van der Waals surface area (Å²) in [5.74, 6) is -0.0831. The second kappa shape index (κ2) is 6.47. The van der Waals surface area contributed by atoms with E-state index in [1.54, 1.807) is 6.07 Å². The van der Waals surface area contributed by atoms with Crippen molar-refractivity contribution in [2.75, 3.05) is 6.61 Å². The second-order valence-corrected chi connectivity index (χ2v) is 8.13. The summed E-state index contributed by atoms with van der Waals surface area (Å²) in [6.07, 6.45) is 0. The summed E-state index contributed by atoms with van der Waals surface area (Å²) in [5, 5.41) is 0. The molecule has 0 amide bonds. The molecule has 0 unspecified atom stereocenters. The molecule has 1 heterocycles. The molecule has 0 atom stereocenters. The molecule has 0 aliphatic carbocycles. The predicted molar refractivity (Wildman–Crippen MR) is 83.6 cm³/mol. The Morgan fingerprint density at radius 1 is 1.26 bits per heavy atom. The van der Waals surface area contributed by atoms with Crippen molar-refractivity contribution in [2.24, 2.45) is 0 Å². The Kier molecular flexibility index (Phi) is 5.16. The van der Waals surface area contributed by atoms with E-state index in [0.717, 1.165) is 7.57 Å². The van der Waals surface area contributed by atoms with E-state index in [-0.39, 0.29) is 18.2 Å². The first kappa shape index (κ1) is 15.2. The zero-order valence-electron chi connectivity index (χ0n) is 9.25. The average Bonchev–Trinajstić information content (AvgIpc) is 2.67. The number of rotatable bonds is 4. The normalized spacial score (nSPS) is 10.5. The Balaban J connectivity index is 2.06. The van der Waals surface area contributed by atoms with Gasteiger partial charge < -0.3 is 4.74 Å². The summed E-state index contributed by atoms with van der Waals surface area (Å²) >= 11 is 11.2. The molecule has 0 saturated carbocycles.